The maximum Gasteiger partial charge on any atom is 0.224 e. The third-order valence-electron chi connectivity index (χ3n) is 3.88. The first-order valence-corrected chi connectivity index (χ1v) is 8.30. The molecule has 1 atom stereocenters. The van der Waals surface area contributed by atoms with Crippen molar-refractivity contribution in [2.45, 2.75) is 26.3 Å². The molecule has 0 aliphatic heterocycles. The molecule has 5 heteroatoms. The molecule has 2 aromatic carbocycles. The Bertz CT molecular complexity index is 697. The van der Waals surface area contributed by atoms with Crippen LogP contribution in [0.1, 0.15) is 31.0 Å². The van der Waals surface area contributed by atoms with Crippen LogP contribution in [0.2, 0.25) is 0 Å². The Morgan fingerprint density at radius 1 is 1.04 bits per heavy atom. The molecule has 0 saturated carbocycles. The van der Waals surface area contributed by atoms with E-state index in [-0.39, 0.29) is 18.4 Å². The van der Waals surface area contributed by atoms with Gasteiger partial charge in [-0.3, -0.25) is 4.79 Å². The van der Waals surface area contributed by atoms with Gasteiger partial charge in [-0.1, -0.05) is 18.2 Å². The van der Waals surface area contributed by atoms with Gasteiger partial charge in [-0.15, -0.1) is 0 Å². The molecular weight excluding hydrogens is 318 g/mol. The van der Waals surface area contributed by atoms with Crippen molar-refractivity contribution in [2.75, 3.05) is 20.8 Å². The summed E-state index contributed by atoms with van der Waals surface area (Å²) in [5.41, 5.74) is 1.90. The first kappa shape index (κ1) is 18.6. The van der Waals surface area contributed by atoms with Gasteiger partial charge in [0.2, 0.25) is 5.91 Å². The number of methoxy groups -OCH3 is 2. The fourth-order valence-electron chi connectivity index (χ4n) is 2.57. The van der Waals surface area contributed by atoms with Crippen molar-refractivity contribution >= 4 is 5.91 Å². The highest BCUT2D eigenvalue weighted by Crippen LogP contribution is 2.27. The zero-order valence-corrected chi connectivity index (χ0v) is 15.2. The van der Waals surface area contributed by atoms with Crippen LogP contribution in [0.4, 0.5) is 0 Å². The lowest BCUT2D eigenvalue weighted by molar-refractivity contribution is -0.121. The third kappa shape index (κ3) is 5.14. The van der Waals surface area contributed by atoms with Gasteiger partial charge in [0.15, 0.2) is 11.5 Å². The summed E-state index contributed by atoms with van der Waals surface area (Å²) in [6, 6.07) is 13.2. The molecule has 1 N–H and O–H groups in total. The molecule has 0 aliphatic carbocycles. The lowest BCUT2D eigenvalue weighted by Gasteiger charge is -2.15. The molecule has 0 spiro atoms. The quantitative estimate of drug-likeness (QED) is 0.797. The van der Waals surface area contributed by atoms with Gasteiger partial charge >= 0.3 is 0 Å². The first-order chi connectivity index (χ1) is 12.1. The van der Waals surface area contributed by atoms with E-state index in [9.17, 15) is 4.79 Å². The number of benzene rings is 2. The van der Waals surface area contributed by atoms with Crippen LogP contribution in [-0.2, 0) is 11.2 Å². The number of carbonyl (C=O) groups is 1. The number of carbonyl (C=O) groups excluding carboxylic acids is 1. The second-order valence-electron chi connectivity index (χ2n) is 5.66. The molecule has 0 heterocycles. The molecule has 1 amide bonds. The largest absolute Gasteiger partial charge is 0.494 e. The summed E-state index contributed by atoms with van der Waals surface area (Å²) in [4.78, 5) is 12.3. The minimum atomic E-state index is -0.0803. The van der Waals surface area contributed by atoms with Crippen LogP contribution in [0, 0.1) is 0 Å². The predicted octanol–water partition coefficient (Wildman–Crippen LogP) is 3.52. The van der Waals surface area contributed by atoms with Gasteiger partial charge in [-0.2, -0.15) is 0 Å². The van der Waals surface area contributed by atoms with Gasteiger partial charge < -0.3 is 19.5 Å². The minimum absolute atomic E-state index is 0.0476. The van der Waals surface area contributed by atoms with Crippen molar-refractivity contribution in [3.63, 3.8) is 0 Å². The SMILES string of the molecule is CCOc1ccc(C(C)NC(=O)Cc2ccc(OC)c(OC)c2)cc1. The van der Waals surface area contributed by atoms with Gasteiger partial charge in [0.25, 0.3) is 0 Å². The number of hydrogen-bond donors (Lipinski definition) is 1. The number of rotatable bonds is 8. The Morgan fingerprint density at radius 3 is 2.32 bits per heavy atom. The van der Waals surface area contributed by atoms with Crippen LogP contribution in [0.3, 0.4) is 0 Å². The monoisotopic (exact) mass is 343 g/mol. The van der Waals surface area contributed by atoms with E-state index in [4.69, 9.17) is 14.2 Å². The van der Waals surface area contributed by atoms with Crippen LogP contribution in [0.25, 0.3) is 0 Å². The minimum Gasteiger partial charge on any atom is -0.494 e. The van der Waals surface area contributed by atoms with Crippen LogP contribution < -0.4 is 19.5 Å². The van der Waals surface area contributed by atoms with Crippen molar-refractivity contribution in [3.05, 3.63) is 53.6 Å². The fourth-order valence-corrected chi connectivity index (χ4v) is 2.57. The van der Waals surface area contributed by atoms with E-state index in [2.05, 4.69) is 5.32 Å². The molecule has 2 rings (SSSR count). The number of hydrogen-bond acceptors (Lipinski definition) is 4. The van der Waals surface area contributed by atoms with Crippen LogP contribution in [0.5, 0.6) is 17.2 Å². The fraction of sp³-hybridized carbons (Fsp3) is 0.350. The molecule has 0 bridgehead atoms. The molecule has 5 nitrogen and oxygen atoms in total. The Hall–Kier alpha value is -2.69. The average Bonchev–Trinajstić information content (AvgIpc) is 2.62. The Kier molecular flexibility index (Phi) is 6.69. The number of nitrogens with one attached hydrogen (secondary N) is 1. The van der Waals surface area contributed by atoms with Crippen LogP contribution in [0.15, 0.2) is 42.5 Å². The first-order valence-electron chi connectivity index (χ1n) is 8.30. The summed E-state index contributed by atoms with van der Waals surface area (Å²) in [5.74, 6) is 2.05. The van der Waals surface area contributed by atoms with Crippen molar-refractivity contribution in [2.24, 2.45) is 0 Å². The van der Waals surface area contributed by atoms with Gasteiger partial charge in [0.05, 0.1) is 33.3 Å². The molecule has 25 heavy (non-hydrogen) atoms. The van der Waals surface area contributed by atoms with E-state index < -0.39 is 0 Å². The zero-order chi connectivity index (χ0) is 18.2. The number of ether oxygens (including phenoxy) is 3. The van der Waals surface area contributed by atoms with E-state index in [1.807, 2.05) is 50.2 Å². The predicted molar refractivity (Wildman–Crippen MR) is 97.4 cm³/mol. The molecular formula is C20H25NO4. The van der Waals surface area contributed by atoms with E-state index in [0.717, 1.165) is 16.9 Å². The maximum absolute atomic E-state index is 12.3. The number of amides is 1. The Balaban J connectivity index is 1.97. The molecule has 134 valence electrons. The second kappa shape index (κ2) is 8.97. The lowest BCUT2D eigenvalue weighted by atomic mass is 10.1. The summed E-state index contributed by atoms with van der Waals surface area (Å²) >= 11 is 0. The molecule has 0 aliphatic rings. The van der Waals surface area contributed by atoms with Crippen molar-refractivity contribution in [1.82, 2.24) is 5.32 Å². The molecule has 0 aromatic heterocycles. The van der Waals surface area contributed by atoms with Gasteiger partial charge in [-0.05, 0) is 49.2 Å². The third-order valence-corrected chi connectivity index (χ3v) is 3.88. The summed E-state index contributed by atoms with van der Waals surface area (Å²) < 4.78 is 15.9. The summed E-state index contributed by atoms with van der Waals surface area (Å²) in [6.45, 7) is 4.55. The molecule has 0 radical (unpaired) electrons. The molecule has 2 aromatic rings. The van der Waals surface area contributed by atoms with Crippen LogP contribution in [-0.4, -0.2) is 26.7 Å². The summed E-state index contributed by atoms with van der Waals surface area (Å²) in [5, 5.41) is 3.01. The van der Waals surface area contributed by atoms with E-state index in [1.54, 1.807) is 20.3 Å². The highest BCUT2D eigenvalue weighted by molar-refractivity contribution is 5.79. The van der Waals surface area contributed by atoms with Crippen molar-refractivity contribution < 1.29 is 19.0 Å². The van der Waals surface area contributed by atoms with Crippen molar-refractivity contribution in [1.29, 1.82) is 0 Å². The summed E-state index contributed by atoms with van der Waals surface area (Å²) in [6.07, 6.45) is 0.279. The van der Waals surface area contributed by atoms with Crippen molar-refractivity contribution in [3.8, 4) is 17.2 Å². The zero-order valence-electron chi connectivity index (χ0n) is 15.2. The average molecular weight is 343 g/mol. The molecule has 0 fully saturated rings. The Morgan fingerprint density at radius 2 is 1.72 bits per heavy atom. The van der Waals surface area contributed by atoms with Gasteiger partial charge in [-0.25, -0.2) is 0 Å². The topological polar surface area (TPSA) is 56.8 Å². The van der Waals surface area contributed by atoms with Gasteiger partial charge in [0, 0.05) is 0 Å². The standard InChI is InChI=1S/C20H25NO4/c1-5-25-17-9-7-16(8-10-17)14(2)21-20(22)13-15-6-11-18(23-3)19(12-15)24-4/h6-12,14H,5,13H2,1-4H3,(H,21,22). The lowest BCUT2D eigenvalue weighted by Crippen LogP contribution is -2.28. The van der Waals surface area contributed by atoms with E-state index in [1.165, 1.54) is 0 Å². The Labute approximate surface area is 148 Å². The van der Waals surface area contributed by atoms with E-state index >= 15 is 0 Å². The maximum atomic E-state index is 12.3. The van der Waals surface area contributed by atoms with Gasteiger partial charge in [0.1, 0.15) is 5.75 Å². The molecule has 0 saturated heterocycles. The molecule has 1 unspecified atom stereocenters. The smallest absolute Gasteiger partial charge is 0.224 e. The van der Waals surface area contributed by atoms with E-state index in [0.29, 0.717) is 18.1 Å². The summed E-state index contributed by atoms with van der Waals surface area (Å²) in [7, 11) is 3.17. The normalized spacial score (nSPS) is 11.5. The second-order valence-corrected chi connectivity index (χ2v) is 5.66. The van der Waals surface area contributed by atoms with Crippen LogP contribution >= 0.6 is 0 Å². The highest BCUT2D eigenvalue weighted by atomic mass is 16.5. The highest BCUT2D eigenvalue weighted by Gasteiger charge is 2.12.